The molecular weight excluding hydrogens is 452 g/mol. The van der Waals surface area contributed by atoms with Crippen LogP contribution in [0.2, 0.25) is 0 Å². The van der Waals surface area contributed by atoms with Crippen LogP contribution in [0.4, 0.5) is 0 Å². The van der Waals surface area contributed by atoms with Crippen molar-refractivity contribution in [2.75, 3.05) is 6.61 Å². The fraction of sp³-hybridized carbons (Fsp3) is 0.474. The first-order valence-electron chi connectivity index (χ1n) is 10.2. The second-order valence-electron chi connectivity index (χ2n) is 7.54. The maximum absolute atomic E-state index is 13.0. The van der Waals surface area contributed by atoms with Gasteiger partial charge in [-0.3, -0.25) is 14.4 Å². The zero-order chi connectivity index (χ0) is 25.3. The molecule has 5 atom stereocenters. The average Bonchev–Trinajstić information content (AvgIpc) is 3.49. The lowest BCUT2D eigenvalue weighted by Gasteiger charge is -2.26. The van der Waals surface area contributed by atoms with E-state index in [0.29, 0.717) is 11.4 Å². The number of amides is 3. The van der Waals surface area contributed by atoms with E-state index in [1.807, 2.05) is 0 Å². The van der Waals surface area contributed by atoms with Gasteiger partial charge in [0.1, 0.15) is 24.2 Å². The number of hydrogen-bond donors (Lipinski definition) is 9. The van der Waals surface area contributed by atoms with Crippen molar-refractivity contribution < 1.29 is 34.5 Å². The van der Waals surface area contributed by atoms with Crippen LogP contribution >= 0.6 is 0 Å². The Kier molecular flexibility index (Phi) is 9.66. The van der Waals surface area contributed by atoms with E-state index in [-0.39, 0.29) is 12.8 Å². The number of carboxylic acid groups (broad SMARTS) is 1. The van der Waals surface area contributed by atoms with E-state index in [4.69, 9.17) is 10.8 Å². The van der Waals surface area contributed by atoms with Crippen molar-refractivity contribution in [3.63, 3.8) is 0 Å². The molecule has 15 heteroatoms. The van der Waals surface area contributed by atoms with Crippen molar-refractivity contribution in [1.29, 1.82) is 0 Å². The molecule has 0 aromatic carbocycles. The van der Waals surface area contributed by atoms with Crippen LogP contribution in [0, 0.1) is 0 Å². The highest BCUT2D eigenvalue weighted by atomic mass is 16.4. The molecule has 2 aromatic rings. The number of aliphatic hydroxyl groups is 2. The summed E-state index contributed by atoms with van der Waals surface area (Å²) in [7, 11) is 0. The van der Waals surface area contributed by atoms with E-state index in [1.165, 1.54) is 32.0 Å². The van der Waals surface area contributed by atoms with Gasteiger partial charge in [-0.1, -0.05) is 0 Å². The third kappa shape index (κ3) is 7.65. The topological polar surface area (TPSA) is 248 Å². The van der Waals surface area contributed by atoms with Crippen LogP contribution < -0.4 is 21.7 Å². The van der Waals surface area contributed by atoms with Gasteiger partial charge >= 0.3 is 5.97 Å². The third-order valence-corrected chi connectivity index (χ3v) is 4.80. The van der Waals surface area contributed by atoms with Gasteiger partial charge in [-0.05, 0) is 6.92 Å². The van der Waals surface area contributed by atoms with Crippen molar-refractivity contribution >= 4 is 23.7 Å². The number of H-pyrrole nitrogens is 2. The Balaban J connectivity index is 2.18. The van der Waals surface area contributed by atoms with Gasteiger partial charge in [-0.25, -0.2) is 14.8 Å². The van der Waals surface area contributed by atoms with Gasteiger partial charge in [0.25, 0.3) is 0 Å². The number of nitrogens with zero attached hydrogens (tertiary/aromatic N) is 2. The number of aliphatic hydroxyl groups excluding tert-OH is 2. The zero-order valence-corrected chi connectivity index (χ0v) is 18.3. The number of nitrogens with two attached hydrogens (primary N) is 1. The lowest BCUT2D eigenvalue weighted by molar-refractivity contribution is -0.142. The van der Waals surface area contributed by atoms with Gasteiger partial charge in [0.15, 0.2) is 0 Å². The van der Waals surface area contributed by atoms with E-state index in [2.05, 4.69) is 35.9 Å². The molecule has 0 radical (unpaired) electrons. The molecule has 2 heterocycles. The molecule has 2 rings (SSSR count). The Morgan fingerprint density at radius 2 is 1.47 bits per heavy atom. The minimum atomic E-state index is -1.50. The van der Waals surface area contributed by atoms with E-state index >= 15 is 0 Å². The second-order valence-corrected chi connectivity index (χ2v) is 7.54. The first-order chi connectivity index (χ1) is 16.1. The largest absolute Gasteiger partial charge is 0.480 e. The summed E-state index contributed by atoms with van der Waals surface area (Å²) in [6, 6.07) is -5.44. The second kappa shape index (κ2) is 12.4. The highest BCUT2D eigenvalue weighted by Gasteiger charge is 2.32. The zero-order valence-electron chi connectivity index (χ0n) is 18.3. The van der Waals surface area contributed by atoms with E-state index < -0.39 is 60.6 Å². The Morgan fingerprint density at radius 3 is 1.91 bits per heavy atom. The normalized spacial score (nSPS) is 15.4. The molecule has 5 unspecified atom stereocenters. The quantitative estimate of drug-likeness (QED) is 0.135. The molecule has 0 aliphatic heterocycles. The van der Waals surface area contributed by atoms with Crippen molar-refractivity contribution in [3.05, 3.63) is 36.4 Å². The van der Waals surface area contributed by atoms with Crippen molar-refractivity contribution in [3.8, 4) is 0 Å². The van der Waals surface area contributed by atoms with Crippen LogP contribution in [0.3, 0.4) is 0 Å². The summed E-state index contributed by atoms with van der Waals surface area (Å²) in [6.07, 6.45) is 4.00. The molecule has 0 aliphatic rings. The fourth-order valence-corrected chi connectivity index (χ4v) is 2.92. The Bertz CT molecular complexity index is 948. The van der Waals surface area contributed by atoms with Crippen LogP contribution in [0.1, 0.15) is 18.3 Å². The molecule has 3 amide bonds. The fourth-order valence-electron chi connectivity index (χ4n) is 2.92. The summed E-state index contributed by atoms with van der Waals surface area (Å²) >= 11 is 0. The summed E-state index contributed by atoms with van der Waals surface area (Å²) in [4.78, 5) is 62.6. The molecule has 0 bridgehead atoms. The van der Waals surface area contributed by atoms with Crippen LogP contribution in [0.15, 0.2) is 25.0 Å². The maximum atomic E-state index is 13.0. The van der Waals surface area contributed by atoms with Crippen LogP contribution in [-0.4, -0.2) is 95.8 Å². The van der Waals surface area contributed by atoms with Crippen LogP contribution in [0.5, 0.6) is 0 Å². The monoisotopic (exact) mass is 480 g/mol. The first kappa shape index (κ1) is 26.4. The Labute approximate surface area is 193 Å². The lowest BCUT2D eigenvalue weighted by Crippen LogP contribution is -2.60. The number of hydrogen-bond acceptors (Lipinski definition) is 9. The molecule has 2 aromatic heterocycles. The standard InChI is InChI=1S/C19H28N8O7/c1-9(29)15(27-16(30)12(20)6-28)18(32)25-13(2-10-4-21-7-23-10)17(31)26-14(19(33)34)3-11-5-22-8-24-11/h4-5,7-9,12-15,28-29H,2-3,6,20H2,1H3,(H,21,23)(H,22,24)(H,25,32)(H,26,31)(H,27,30)(H,33,34). The van der Waals surface area contributed by atoms with Crippen molar-refractivity contribution in [2.45, 2.75) is 50.0 Å². The molecule has 0 spiro atoms. The Hall–Kier alpha value is -3.82. The molecule has 34 heavy (non-hydrogen) atoms. The number of aromatic nitrogens is 4. The lowest BCUT2D eigenvalue weighted by atomic mass is 10.1. The minimum absolute atomic E-state index is 0.0861. The van der Waals surface area contributed by atoms with Gasteiger partial charge in [0, 0.05) is 36.6 Å². The average molecular weight is 480 g/mol. The number of nitrogens with one attached hydrogen (secondary N) is 5. The molecule has 0 saturated heterocycles. The molecule has 186 valence electrons. The molecule has 15 nitrogen and oxygen atoms in total. The third-order valence-electron chi connectivity index (χ3n) is 4.80. The SMILES string of the molecule is CC(O)C(NC(=O)C(N)CO)C(=O)NC(Cc1cnc[nH]1)C(=O)NC(Cc1cnc[nH]1)C(=O)O. The summed E-state index contributed by atoms with van der Waals surface area (Å²) in [5, 5.41) is 35.5. The number of aliphatic carboxylic acids is 1. The number of carbonyl (C=O) groups is 4. The number of imidazole rings is 2. The summed E-state index contributed by atoms with van der Waals surface area (Å²) < 4.78 is 0. The number of carboxylic acids is 1. The summed E-state index contributed by atoms with van der Waals surface area (Å²) in [5.74, 6) is -3.93. The van der Waals surface area contributed by atoms with Gasteiger partial charge in [0.05, 0.1) is 25.4 Å². The summed E-state index contributed by atoms with van der Waals surface area (Å²) in [6.45, 7) is 0.557. The van der Waals surface area contributed by atoms with Crippen LogP contribution in [0.25, 0.3) is 0 Å². The maximum Gasteiger partial charge on any atom is 0.326 e. The first-order valence-corrected chi connectivity index (χ1v) is 10.2. The predicted octanol–water partition coefficient (Wildman–Crippen LogP) is -3.84. The van der Waals surface area contributed by atoms with E-state index in [1.54, 1.807) is 0 Å². The van der Waals surface area contributed by atoms with Crippen molar-refractivity contribution in [2.24, 2.45) is 5.73 Å². The molecule has 10 N–H and O–H groups in total. The molecule has 0 saturated carbocycles. The van der Waals surface area contributed by atoms with Gasteiger partial charge in [-0.15, -0.1) is 0 Å². The van der Waals surface area contributed by atoms with Crippen LogP contribution in [-0.2, 0) is 32.0 Å². The Morgan fingerprint density at radius 1 is 0.941 bits per heavy atom. The van der Waals surface area contributed by atoms with Crippen molar-refractivity contribution in [1.82, 2.24) is 35.9 Å². The molecule has 0 aliphatic carbocycles. The van der Waals surface area contributed by atoms with E-state index in [0.717, 1.165) is 0 Å². The van der Waals surface area contributed by atoms with Gasteiger partial charge in [-0.2, -0.15) is 0 Å². The number of rotatable bonds is 13. The predicted molar refractivity (Wildman–Crippen MR) is 115 cm³/mol. The number of carbonyl (C=O) groups excluding carboxylic acids is 3. The molecule has 0 fully saturated rings. The summed E-state index contributed by atoms with van der Waals surface area (Å²) in [5.41, 5.74) is 6.36. The highest BCUT2D eigenvalue weighted by Crippen LogP contribution is 2.05. The highest BCUT2D eigenvalue weighted by molar-refractivity contribution is 5.94. The van der Waals surface area contributed by atoms with Gasteiger partial charge < -0.3 is 47.0 Å². The smallest absolute Gasteiger partial charge is 0.326 e. The van der Waals surface area contributed by atoms with Gasteiger partial charge in [0.2, 0.25) is 17.7 Å². The molecular formula is C19H28N8O7. The number of aromatic amines is 2. The minimum Gasteiger partial charge on any atom is -0.480 e. The van der Waals surface area contributed by atoms with E-state index in [9.17, 15) is 29.4 Å².